The average molecular weight is 252 g/mol. The number of benzene rings is 2. The van der Waals surface area contributed by atoms with Gasteiger partial charge in [-0.25, -0.2) is 0 Å². The summed E-state index contributed by atoms with van der Waals surface area (Å²) in [5.41, 5.74) is 2.93. The van der Waals surface area contributed by atoms with E-state index in [1.165, 1.54) is 12.1 Å². The van der Waals surface area contributed by atoms with Crippen LogP contribution in [0.5, 0.6) is 0 Å². The highest BCUT2D eigenvalue weighted by Gasteiger charge is 2.33. The van der Waals surface area contributed by atoms with Crippen molar-refractivity contribution in [3.8, 4) is 11.1 Å². The first kappa shape index (κ1) is 12.4. The number of alkyl halides is 3. The van der Waals surface area contributed by atoms with E-state index in [4.69, 9.17) is 5.84 Å². The van der Waals surface area contributed by atoms with E-state index in [1.54, 1.807) is 30.3 Å². The Hall–Kier alpha value is -2.01. The lowest BCUT2D eigenvalue weighted by atomic mass is 9.99. The van der Waals surface area contributed by atoms with Gasteiger partial charge in [0.05, 0.1) is 5.56 Å². The maximum Gasteiger partial charge on any atom is 0.417 e. The molecule has 0 saturated heterocycles. The van der Waals surface area contributed by atoms with E-state index in [1.807, 2.05) is 0 Å². The second-order valence-electron chi connectivity index (χ2n) is 3.77. The molecular weight excluding hydrogens is 241 g/mol. The third-order valence-corrected chi connectivity index (χ3v) is 2.57. The van der Waals surface area contributed by atoms with Gasteiger partial charge in [0, 0.05) is 5.69 Å². The van der Waals surface area contributed by atoms with Crippen LogP contribution in [0, 0.1) is 0 Å². The minimum atomic E-state index is -4.37. The zero-order chi connectivity index (χ0) is 13.2. The van der Waals surface area contributed by atoms with E-state index >= 15 is 0 Å². The highest BCUT2D eigenvalue weighted by molar-refractivity contribution is 5.71. The van der Waals surface area contributed by atoms with Crippen molar-refractivity contribution in [1.29, 1.82) is 0 Å². The Morgan fingerprint density at radius 3 is 2.33 bits per heavy atom. The van der Waals surface area contributed by atoms with Crippen LogP contribution < -0.4 is 11.3 Å². The van der Waals surface area contributed by atoms with Crippen molar-refractivity contribution >= 4 is 5.69 Å². The summed E-state index contributed by atoms with van der Waals surface area (Å²) in [7, 11) is 0. The van der Waals surface area contributed by atoms with Gasteiger partial charge in [-0.05, 0) is 29.3 Å². The van der Waals surface area contributed by atoms with Crippen molar-refractivity contribution in [3.63, 3.8) is 0 Å². The van der Waals surface area contributed by atoms with Gasteiger partial charge in [0.15, 0.2) is 0 Å². The maximum atomic E-state index is 12.9. The van der Waals surface area contributed by atoms with Crippen LogP contribution in [0.3, 0.4) is 0 Å². The molecule has 0 aromatic heterocycles. The van der Waals surface area contributed by atoms with E-state index in [0.717, 1.165) is 6.07 Å². The molecule has 0 aliphatic heterocycles. The fraction of sp³-hybridized carbons (Fsp3) is 0.0769. The van der Waals surface area contributed by atoms with E-state index in [-0.39, 0.29) is 5.56 Å². The molecule has 0 spiro atoms. The predicted octanol–water partition coefficient (Wildman–Crippen LogP) is 3.66. The molecule has 0 radical (unpaired) electrons. The summed E-state index contributed by atoms with van der Waals surface area (Å²) in [6, 6.07) is 12.0. The maximum absolute atomic E-state index is 12.9. The first-order chi connectivity index (χ1) is 8.52. The molecule has 2 rings (SSSR count). The molecule has 0 aliphatic rings. The van der Waals surface area contributed by atoms with Crippen molar-refractivity contribution in [2.45, 2.75) is 6.18 Å². The van der Waals surface area contributed by atoms with Gasteiger partial charge in [0.25, 0.3) is 0 Å². The molecule has 0 amide bonds. The van der Waals surface area contributed by atoms with E-state index < -0.39 is 11.7 Å². The van der Waals surface area contributed by atoms with E-state index in [2.05, 4.69) is 5.43 Å². The van der Waals surface area contributed by atoms with Gasteiger partial charge in [0.1, 0.15) is 0 Å². The molecule has 0 unspecified atom stereocenters. The van der Waals surface area contributed by atoms with Gasteiger partial charge in [0.2, 0.25) is 0 Å². The van der Waals surface area contributed by atoms with Gasteiger partial charge in [-0.2, -0.15) is 13.2 Å². The molecule has 0 atom stereocenters. The summed E-state index contributed by atoms with van der Waals surface area (Å²) in [6.07, 6.45) is -4.37. The monoisotopic (exact) mass is 252 g/mol. The van der Waals surface area contributed by atoms with Crippen LogP contribution in [0.15, 0.2) is 48.5 Å². The number of nitrogen functional groups attached to an aromatic ring is 1. The minimum absolute atomic E-state index is 0.141. The molecule has 2 aromatic rings. The van der Waals surface area contributed by atoms with Gasteiger partial charge in [-0.3, -0.25) is 5.84 Å². The molecule has 3 N–H and O–H groups in total. The van der Waals surface area contributed by atoms with Crippen LogP contribution >= 0.6 is 0 Å². The van der Waals surface area contributed by atoms with Crippen molar-refractivity contribution in [2.24, 2.45) is 5.84 Å². The van der Waals surface area contributed by atoms with Gasteiger partial charge in [-0.15, -0.1) is 0 Å². The molecule has 0 fully saturated rings. The molecule has 0 saturated carbocycles. The SMILES string of the molecule is NNc1cccc(-c2ccccc2C(F)(F)F)c1. The van der Waals surface area contributed by atoms with Crippen molar-refractivity contribution in [1.82, 2.24) is 0 Å². The Morgan fingerprint density at radius 2 is 1.67 bits per heavy atom. The smallest absolute Gasteiger partial charge is 0.324 e. The average Bonchev–Trinajstić information content (AvgIpc) is 2.38. The molecule has 2 aromatic carbocycles. The van der Waals surface area contributed by atoms with E-state index in [9.17, 15) is 13.2 Å². The third kappa shape index (κ3) is 2.46. The summed E-state index contributed by atoms with van der Waals surface area (Å²) < 4.78 is 38.6. The Labute approximate surface area is 102 Å². The van der Waals surface area contributed by atoms with Gasteiger partial charge >= 0.3 is 6.18 Å². The Kier molecular flexibility index (Phi) is 3.25. The predicted molar refractivity (Wildman–Crippen MR) is 64.7 cm³/mol. The molecule has 5 heteroatoms. The van der Waals surface area contributed by atoms with Crippen molar-refractivity contribution < 1.29 is 13.2 Å². The van der Waals surface area contributed by atoms with Crippen LogP contribution in [-0.4, -0.2) is 0 Å². The molecular formula is C13H11F3N2. The minimum Gasteiger partial charge on any atom is -0.324 e. The summed E-state index contributed by atoms with van der Waals surface area (Å²) in [5.74, 6) is 5.25. The topological polar surface area (TPSA) is 38.0 Å². The summed E-state index contributed by atoms with van der Waals surface area (Å²) in [4.78, 5) is 0. The van der Waals surface area contributed by atoms with Gasteiger partial charge in [-0.1, -0.05) is 30.3 Å². The number of nitrogens with one attached hydrogen (secondary N) is 1. The highest BCUT2D eigenvalue weighted by atomic mass is 19.4. The van der Waals surface area contributed by atoms with Gasteiger partial charge < -0.3 is 5.43 Å². The van der Waals surface area contributed by atoms with Crippen LogP contribution in [0.2, 0.25) is 0 Å². The first-order valence-corrected chi connectivity index (χ1v) is 5.25. The van der Waals surface area contributed by atoms with Crippen molar-refractivity contribution in [2.75, 3.05) is 5.43 Å². The zero-order valence-corrected chi connectivity index (χ0v) is 9.33. The molecule has 0 aliphatic carbocycles. The number of hydrogen-bond donors (Lipinski definition) is 2. The number of nitrogens with two attached hydrogens (primary N) is 1. The summed E-state index contributed by atoms with van der Waals surface area (Å²) >= 11 is 0. The van der Waals surface area contributed by atoms with Crippen LogP contribution in [0.1, 0.15) is 5.56 Å². The quantitative estimate of drug-likeness (QED) is 0.632. The molecule has 2 nitrogen and oxygen atoms in total. The highest BCUT2D eigenvalue weighted by Crippen LogP contribution is 2.37. The number of hydrogen-bond acceptors (Lipinski definition) is 2. The third-order valence-electron chi connectivity index (χ3n) is 2.57. The standard InChI is InChI=1S/C13H11F3N2/c14-13(15,16)12-7-2-1-6-11(12)9-4-3-5-10(8-9)18-17/h1-8,18H,17H2. The first-order valence-electron chi connectivity index (χ1n) is 5.25. The second kappa shape index (κ2) is 4.70. The Bertz CT molecular complexity index is 550. The van der Waals surface area contributed by atoms with Crippen molar-refractivity contribution in [3.05, 3.63) is 54.1 Å². The second-order valence-corrected chi connectivity index (χ2v) is 3.77. The zero-order valence-electron chi connectivity index (χ0n) is 9.33. The lowest BCUT2D eigenvalue weighted by molar-refractivity contribution is -0.137. The van der Waals surface area contributed by atoms with Crippen LogP contribution in [0.25, 0.3) is 11.1 Å². The van der Waals surface area contributed by atoms with E-state index in [0.29, 0.717) is 11.3 Å². The lowest BCUT2D eigenvalue weighted by Gasteiger charge is -2.13. The Balaban J connectivity index is 2.57. The molecule has 18 heavy (non-hydrogen) atoms. The molecule has 0 bridgehead atoms. The number of hydrazine groups is 1. The Morgan fingerprint density at radius 1 is 0.944 bits per heavy atom. The fourth-order valence-corrected chi connectivity index (χ4v) is 1.76. The largest absolute Gasteiger partial charge is 0.417 e. The molecule has 0 heterocycles. The number of halogens is 3. The number of anilines is 1. The summed E-state index contributed by atoms with van der Waals surface area (Å²) in [6.45, 7) is 0. The normalized spacial score (nSPS) is 11.3. The molecule has 94 valence electrons. The van der Waals surface area contributed by atoms with Crippen LogP contribution in [0.4, 0.5) is 18.9 Å². The van der Waals surface area contributed by atoms with Crippen LogP contribution in [-0.2, 0) is 6.18 Å². The summed E-state index contributed by atoms with van der Waals surface area (Å²) in [5, 5.41) is 0. The lowest BCUT2D eigenvalue weighted by Crippen LogP contribution is -2.08. The fourth-order valence-electron chi connectivity index (χ4n) is 1.76. The number of rotatable bonds is 2.